The molecule has 0 bridgehead atoms. The molecule has 0 fully saturated rings. The third kappa shape index (κ3) is 1.54. The fourth-order valence-corrected chi connectivity index (χ4v) is 1.36. The summed E-state index contributed by atoms with van der Waals surface area (Å²) in [5.41, 5.74) is 0.380. The van der Waals surface area contributed by atoms with Crippen LogP contribution in [0.25, 0.3) is 10.9 Å². The number of halogens is 2. The van der Waals surface area contributed by atoms with Crippen LogP contribution in [-0.2, 0) is 7.05 Å². The van der Waals surface area contributed by atoms with Crippen molar-refractivity contribution in [1.82, 2.24) is 9.78 Å². The Morgan fingerprint density at radius 1 is 1.40 bits per heavy atom. The number of nitrogens with zero attached hydrogens (tertiary/aromatic N) is 2. The zero-order chi connectivity index (χ0) is 11.0. The largest absolute Gasteiger partial charge is 0.570 e. The maximum absolute atomic E-state index is 12.9. The first-order chi connectivity index (χ1) is 7.13. The first kappa shape index (κ1) is 9.91. The molecule has 1 radical (unpaired) electrons. The minimum atomic E-state index is -0.988. The first-order valence-corrected chi connectivity index (χ1v) is 4.08. The van der Waals surface area contributed by atoms with Crippen LogP contribution in [0.5, 0.6) is 5.88 Å². The number of rotatable bonds is 2. The standard InChI is InChI=1S/C8H6BF2N2O2/c1-13-7-3-6(11)5(10)2-4(7)8(12-13)15-9-14/h2-3,14H,1H3. The second kappa shape index (κ2) is 3.50. The van der Waals surface area contributed by atoms with Crippen molar-refractivity contribution in [3.05, 3.63) is 23.8 Å². The molecule has 0 atom stereocenters. The van der Waals surface area contributed by atoms with E-state index in [1.165, 1.54) is 4.68 Å². The van der Waals surface area contributed by atoms with Gasteiger partial charge in [-0.05, 0) is 6.07 Å². The molecule has 1 N–H and O–H groups in total. The van der Waals surface area contributed by atoms with E-state index in [9.17, 15) is 8.78 Å². The third-order valence-electron chi connectivity index (χ3n) is 2.02. The van der Waals surface area contributed by atoms with Crippen molar-refractivity contribution in [2.45, 2.75) is 0 Å². The lowest BCUT2D eigenvalue weighted by Gasteiger charge is -1.96. The number of fused-ring (bicyclic) bond motifs is 1. The highest BCUT2D eigenvalue weighted by molar-refractivity contribution is 6.17. The second-order valence-corrected chi connectivity index (χ2v) is 2.94. The average Bonchev–Trinajstić information content (AvgIpc) is 2.46. The molecule has 0 spiro atoms. The third-order valence-corrected chi connectivity index (χ3v) is 2.02. The van der Waals surface area contributed by atoms with Gasteiger partial charge in [0, 0.05) is 13.1 Å². The summed E-state index contributed by atoms with van der Waals surface area (Å²) < 4.78 is 31.8. The lowest BCUT2D eigenvalue weighted by molar-refractivity contribution is 0.441. The van der Waals surface area contributed by atoms with Crippen molar-refractivity contribution < 1.29 is 18.5 Å². The van der Waals surface area contributed by atoms with Crippen LogP contribution in [0.15, 0.2) is 12.1 Å². The first-order valence-electron chi connectivity index (χ1n) is 4.08. The Labute approximate surface area is 84.4 Å². The highest BCUT2D eigenvalue weighted by Crippen LogP contribution is 2.26. The Balaban J connectivity index is 2.70. The van der Waals surface area contributed by atoms with Gasteiger partial charge < -0.3 is 9.68 Å². The van der Waals surface area contributed by atoms with Gasteiger partial charge in [0.25, 0.3) is 0 Å². The van der Waals surface area contributed by atoms with Crippen LogP contribution >= 0.6 is 0 Å². The fraction of sp³-hybridized carbons (Fsp3) is 0.125. The molecule has 7 heteroatoms. The minimum absolute atomic E-state index is 0.0221. The summed E-state index contributed by atoms with van der Waals surface area (Å²) in [6.45, 7) is 0. The molecule has 15 heavy (non-hydrogen) atoms. The SMILES string of the molecule is Cn1nc(O[B]O)c2cc(F)c(F)cc21. The Hall–Kier alpha value is -1.63. The van der Waals surface area contributed by atoms with E-state index in [1.807, 2.05) is 0 Å². The van der Waals surface area contributed by atoms with E-state index in [1.54, 1.807) is 7.05 Å². The van der Waals surface area contributed by atoms with E-state index in [-0.39, 0.29) is 5.88 Å². The van der Waals surface area contributed by atoms with Crippen LogP contribution < -0.4 is 4.65 Å². The lowest BCUT2D eigenvalue weighted by Crippen LogP contribution is -2.01. The van der Waals surface area contributed by atoms with E-state index < -0.39 is 11.6 Å². The summed E-state index contributed by atoms with van der Waals surface area (Å²) in [6.07, 6.45) is 0. The Morgan fingerprint density at radius 2 is 2.07 bits per heavy atom. The number of aryl methyl sites for hydroxylation is 1. The lowest BCUT2D eigenvalue weighted by atomic mass is 10.2. The number of benzene rings is 1. The fourth-order valence-electron chi connectivity index (χ4n) is 1.36. The molecule has 0 saturated heterocycles. The summed E-state index contributed by atoms with van der Waals surface area (Å²) >= 11 is 0. The topological polar surface area (TPSA) is 47.3 Å². The summed E-state index contributed by atoms with van der Waals surface area (Å²) in [5.74, 6) is -1.92. The molecule has 1 aromatic heterocycles. The van der Waals surface area contributed by atoms with Gasteiger partial charge in [0.05, 0.1) is 10.9 Å². The molecule has 2 rings (SSSR count). The van der Waals surface area contributed by atoms with Gasteiger partial charge in [0.1, 0.15) is 0 Å². The number of hydrogen-bond donors (Lipinski definition) is 1. The molecule has 0 aliphatic carbocycles. The van der Waals surface area contributed by atoms with Gasteiger partial charge in [-0.1, -0.05) is 0 Å². The highest BCUT2D eigenvalue weighted by Gasteiger charge is 2.13. The smallest absolute Gasteiger partial charge is 0.522 e. The summed E-state index contributed by atoms with van der Waals surface area (Å²) in [7, 11) is 1.99. The molecule has 2 aromatic rings. The number of hydrogen-bond acceptors (Lipinski definition) is 3. The van der Waals surface area contributed by atoms with Crippen LogP contribution in [0.4, 0.5) is 8.78 Å². The molecule has 0 amide bonds. The van der Waals surface area contributed by atoms with Crippen molar-refractivity contribution in [2.24, 2.45) is 7.05 Å². The van der Waals surface area contributed by atoms with Crippen LogP contribution in [0, 0.1) is 11.6 Å². The number of aromatic nitrogens is 2. The van der Waals surface area contributed by atoms with Gasteiger partial charge in [-0.15, -0.1) is 5.10 Å². The normalized spacial score (nSPS) is 10.7. The summed E-state index contributed by atoms with van der Waals surface area (Å²) in [4.78, 5) is 0. The van der Waals surface area contributed by atoms with E-state index in [4.69, 9.17) is 5.02 Å². The van der Waals surface area contributed by atoms with Crippen molar-refractivity contribution in [2.75, 3.05) is 0 Å². The molecule has 0 aliphatic rings. The van der Waals surface area contributed by atoms with Crippen LogP contribution in [0.1, 0.15) is 0 Å². The minimum Gasteiger partial charge on any atom is -0.522 e. The molecule has 1 heterocycles. The van der Waals surface area contributed by atoms with Crippen molar-refractivity contribution in [3.63, 3.8) is 0 Å². The van der Waals surface area contributed by atoms with Gasteiger partial charge >= 0.3 is 7.69 Å². The molecule has 0 aliphatic heterocycles. The molecule has 0 unspecified atom stereocenters. The Kier molecular flexibility index (Phi) is 2.32. The Bertz CT molecular complexity index is 515. The molecular weight excluding hydrogens is 205 g/mol. The van der Waals surface area contributed by atoms with E-state index in [0.29, 0.717) is 18.6 Å². The Morgan fingerprint density at radius 3 is 2.73 bits per heavy atom. The predicted molar refractivity (Wildman–Crippen MR) is 49.2 cm³/mol. The van der Waals surface area contributed by atoms with E-state index in [0.717, 1.165) is 12.1 Å². The molecule has 4 nitrogen and oxygen atoms in total. The summed E-state index contributed by atoms with van der Waals surface area (Å²) in [6, 6.07) is 1.98. The van der Waals surface area contributed by atoms with Gasteiger partial charge in [0.15, 0.2) is 11.6 Å². The quantitative estimate of drug-likeness (QED) is 0.745. The van der Waals surface area contributed by atoms with Gasteiger partial charge in [-0.3, -0.25) is 4.68 Å². The predicted octanol–water partition coefficient (Wildman–Crippen LogP) is 0.757. The monoisotopic (exact) mass is 211 g/mol. The summed E-state index contributed by atoms with van der Waals surface area (Å²) in [5, 5.41) is 12.6. The average molecular weight is 211 g/mol. The van der Waals surface area contributed by atoms with Crippen molar-refractivity contribution in [1.29, 1.82) is 0 Å². The van der Waals surface area contributed by atoms with Gasteiger partial charge in [0.2, 0.25) is 5.88 Å². The van der Waals surface area contributed by atoms with E-state index >= 15 is 0 Å². The van der Waals surface area contributed by atoms with E-state index in [2.05, 4.69) is 9.75 Å². The van der Waals surface area contributed by atoms with Gasteiger partial charge in [-0.2, -0.15) is 0 Å². The van der Waals surface area contributed by atoms with Gasteiger partial charge in [-0.25, -0.2) is 8.78 Å². The van der Waals surface area contributed by atoms with Crippen LogP contribution in [0.2, 0.25) is 0 Å². The maximum Gasteiger partial charge on any atom is 0.570 e. The molecule has 77 valence electrons. The molecular formula is C8H6BF2N2O2. The van der Waals surface area contributed by atoms with Crippen molar-refractivity contribution >= 4 is 18.6 Å². The zero-order valence-corrected chi connectivity index (χ0v) is 7.74. The van der Waals surface area contributed by atoms with Crippen LogP contribution in [-0.4, -0.2) is 22.5 Å². The molecule has 1 aromatic carbocycles. The second-order valence-electron chi connectivity index (χ2n) is 2.94. The maximum atomic E-state index is 12.9. The zero-order valence-electron chi connectivity index (χ0n) is 7.74. The van der Waals surface area contributed by atoms with Crippen molar-refractivity contribution in [3.8, 4) is 5.88 Å². The highest BCUT2D eigenvalue weighted by atomic mass is 19.2. The molecule has 0 saturated carbocycles. The van der Waals surface area contributed by atoms with Crippen LogP contribution in [0.3, 0.4) is 0 Å².